The van der Waals surface area contributed by atoms with Crippen LogP contribution in [0.15, 0.2) is 42.5 Å². The average molecular weight is 425 g/mol. The van der Waals surface area contributed by atoms with E-state index >= 15 is 0 Å². The van der Waals surface area contributed by atoms with Gasteiger partial charge in [0.2, 0.25) is 0 Å². The molecule has 9 heteroatoms. The van der Waals surface area contributed by atoms with Crippen LogP contribution in [0, 0.1) is 11.6 Å². The highest BCUT2D eigenvalue weighted by atomic mass is 35.5. The van der Waals surface area contributed by atoms with E-state index in [-0.39, 0.29) is 24.0 Å². The van der Waals surface area contributed by atoms with Crippen LogP contribution in [0.4, 0.5) is 20.2 Å². The number of piperazine rings is 1. The molecule has 1 aliphatic rings. The van der Waals surface area contributed by atoms with Crippen LogP contribution in [0.25, 0.3) is 0 Å². The zero-order chi connectivity index (χ0) is 20.8. The van der Waals surface area contributed by atoms with Crippen molar-refractivity contribution in [2.75, 3.05) is 49.9 Å². The molecule has 0 unspecified atom stereocenters. The quantitative estimate of drug-likeness (QED) is 0.526. The monoisotopic (exact) mass is 424 g/mol. The van der Waals surface area contributed by atoms with Gasteiger partial charge in [-0.1, -0.05) is 11.6 Å². The Morgan fingerprint density at radius 1 is 0.793 bits per heavy atom. The van der Waals surface area contributed by atoms with E-state index in [9.17, 15) is 18.4 Å². The predicted octanol–water partition coefficient (Wildman–Crippen LogP) is -0.0212. The average Bonchev–Trinajstić information content (AvgIpc) is 2.68. The number of benzene rings is 2. The maximum absolute atomic E-state index is 13.2. The van der Waals surface area contributed by atoms with Gasteiger partial charge in [-0.15, -0.1) is 0 Å². The second-order valence-electron chi connectivity index (χ2n) is 7.09. The number of carbonyl (C=O) groups is 2. The molecule has 2 aromatic rings. The Hall–Kier alpha value is -2.55. The van der Waals surface area contributed by atoms with Crippen LogP contribution >= 0.6 is 11.6 Å². The maximum Gasteiger partial charge on any atom is 0.279 e. The van der Waals surface area contributed by atoms with Crippen molar-refractivity contribution in [3.05, 3.63) is 59.1 Å². The lowest BCUT2D eigenvalue weighted by molar-refractivity contribution is -1.00. The molecular weight excluding hydrogens is 402 g/mol. The van der Waals surface area contributed by atoms with Gasteiger partial charge >= 0.3 is 0 Å². The van der Waals surface area contributed by atoms with Crippen molar-refractivity contribution in [2.24, 2.45) is 0 Å². The minimum atomic E-state index is -0.996. The molecule has 0 atom stereocenters. The Kier molecular flexibility index (Phi) is 7.13. The molecule has 154 valence electrons. The van der Waals surface area contributed by atoms with Crippen LogP contribution in [0.3, 0.4) is 0 Å². The van der Waals surface area contributed by atoms with Gasteiger partial charge < -0.3 is 20.4 Å². The van der Waals surface area contributed by atoms with Crippen molar-refractivity contribution in [1.29, 1.82) is 0 Å². The number of quaternary nitrogens is 2. The van der Waals surface area contributed by atoms with E-state index in [0.717, 1.165) is 48.1 Å². The van der Waals surface area contributed by atoms with Crippen molar-refractivity contribution in [1.82, 2.24) is 0 Å². The van der Waals surface area contributed by atoms with Crippen LogP contribution in [-0.2, 0) is 9.59 Å². The summed E-state index contributed by atoms with van der Waals surface area (Å²) in [4.78, 5) is 26.6. The Bertz CT molecular complexity index is 871. The summed E-state index contributed by atoms with van der Waals surface area (Å²) in [6.45, 7) is 3.62. The minimum absolute atomic E-state index is 0.0677. The summed E-state index contributed by atoms with van der Waals surface area (Å²) in [6, 6.07) is 10.2. The summed E-state index contributed by atoms with van der Waals surface area (Å²) < 4.78 is 26.2. The number of hydrogen-bond donors (Lipinski definition) is 4. The second-order valence-corrected chi connectivity index (χ2v) is 7.52. The summed E-state index contributed by atoms with van der Waals surface area (Å²) in [5.41, 5.74) is 0.938. The third-order valence-corrected chi connectivity index (χ3v) is 5.07. The third kappa shape index (κ3) is 6.49. The zero-order valence-corrected chi connectivity index (χ0v) is 16.5. The number of nitrogens with one attached hydrogen (secondary N) is 4. The molecule has 0 saturated carbocycles. The smallest absolute Gasteiger partial charge is 0.279 e. The molecule has 4 N–H and O–H groups in total. The Morgan fingerprint density at radius 2 is 1.28 bits per heavy atom. The highest BCUT2D eigenvalue weighted by Crippen LogP contribution is 2.13. The molecule has 1 heterocycles. The van der Waals surface area contributed by atoms with Crippen LogP contribution in [0.1, 0.15) is 0 Å². The first kappa shape index (κ1) is 21.2. The van der Waals surface area contributed by atoms with E-state index in [1.54, 1.807) is 24.3 Å². The number of halogens is 3. The normalized spacial score (nSPS) is 18.9. The third-order valence-electron chi connectivity index (χ3n) is 4.82. The molecule has 2 amide bonds. The number of hydrogen-bond acceptors (Lipinski definition) is 2. The summed E-state index contributed by atoms with van der Waals surface area (Å²) in [7, 11) is 0. The van der Waals surface area contributed by atoms with Crippen LogP contribution < -0.4 is 20.4 Å². The standard InChI is InChI=1S/C20H21ClF2N4O2/c21-14-1-3-15(4-2-14)24-19(28)12-26-7-9-27(10-8-26)13-20(29)25-16-5-6-17(22)18(23)11-16/h1-6,11H,7-10,12-13H2,(H,24,28)(H,25,29)/p+2. The first-order valence-corrected chi connectivity index (χ1v) is 9.74. The van der Waals surface area contributed by atoms with E-state index in [2.05, 4.69) is 10.6 Å². The second kappa shape index (κ2) is 9.78. The van der Waals surface area contributed by atoms with Gasteiger partial charge in [-0.05, 0) is 36.4 Å². The van der Waals surface area contributed by atoms with Gasteiger partial charge in [0.15, 0.2) is 24.7 Å². The molecule has 0 aliphatic carbocycles. The lowest BCUT2D eigenvalue weighted by Gasteiger charge is -2.28. The molecule has 0 bridgehead atoms. The predicted molar refractivity (Wildman–Crippen MR) is 106 cm³/mol. The van der Waals surface area contributed by atoms with Gasteiger partial charge in [0.1, 0.15) is 26.2 Å². The fraction of sp³-hybridized carbons (Fsp3) is 0.300. The largest absolute Gasteiger partial charge is 0.321 e. The van der Waals surface area contributed by atoms with Crippen molar-refractivity contribution in [2.45, 2.75) is 0 Å². The Balaban J connectivity index is 1.39. The Labute approximate surface area is 172 Å². The topological polar surface area (TPSA) is 67.1 Å². The van der Waals surface area contributed by atoms with E-state index in [0.29, 0.717) is 17.3 Å². The molecule has 1 fully saturated rings. The fourth-order valence-corrected chi connectivity index (χ4v) is 3.41. The number of amides is 2. The van der Waals surface area contributed by atoms with Crippen molar-refractivity contribution < 1.29 is 28.2 Å². The lowest BCUT2D eigenvalue weighted by Crippen LogP contribution is -3.28. The maximum atomic E-state index is 13.2. The van der Waals surface area contributed by atoms with Gasteiger partial charge in [0.05, 0.1) is 0 Å². The van der Waals surface area contributed by atoms with Crippen LogP contribution in [0.2, 0.25) is 5.02 Å². The van der Waals surface area contributed by atoms with E-state index in [1.165, 1.54) is 6.07 Å². The molecular formula is C20H23ClF2N4O2+2. The zero-order valence-electron chi connectivity index (χ0n) is 15.7. The van der Waals surface area contributed by atoms with Gasteiger partial charge in [-0.25, -0.2) is 8.78 Å². The molecule has 2 aromatic carbocycles. The SMILES string of the molecule is O=C(C[NH+]1CC[NH+](CC(=O)Nc2ccc(F)c(F)c2)CC1)Nc1ccc(Cl)cc1. The van der Waals surface area contributed by atoms with Crippen molar-refractivity contribution in [3.8, 4) is 0 Å². The molecule has 6 nitrogen and oxygen atoms in total. The first-order valence-electron chi connectivity index (χ1n) is 9.36. The molecule has 0 spiro atoms. The van der Waals surface area contributed by atoms with E-state index in [1.807, 2.05) is 0 Å². The first-order chi connectivity index (χ1) is 13.9. The number of anilines is 2. The van der Waals surface area contributed by atoms with Gasteiger partial charge in [-0.3, -0.25) is 9.59 Å². The van der Waals surface area contributed by atoms with Gasteiger partial charge in [0.25, 0.3) is 11.8 Å². The minimum Gasteiger partial charge on any atom is -0.321 e. The highest BCUT2D eigenvalue weighted by Gasteiger charge is 2.26. The molecule has 1 saturated heterocycles. The summed E-state index contributed by atoms with van der Waals surface area (Å²) >= 11 is 5.83. The van der Waals surface area contributed by atoms with E-state index < -0.39 is 11.6 Å². The molecule has 0 radical (unpaired) electrons. The summed E-state index contributed by atoms with van der Waals surface area (Å²) in [5.74, 6) is -2.27. The van der Waals surface area contributed by atoms with Crippen LogP contribution in [-0.4, -0.2) is 51.1 Å². The van der Waals surface area contributed by atoms with Gasteiger partial charge in [0, 0.05) is 22.5 Å². The number of carbonyl (C=O) groups excluding carboxylic acids is 2. The van der Waals surface area contributed by atoms with Crippen molar-refractivity contribution >= 4 is 34.8 Å². The summed E-state index contributed by atoms with van der Waals surface area (Å²) in [6.07, 6.45) is 0. The lowest BCUT2D eigenvalue weighted by atomic mass is 10.2. The van der Waals surface area contributed by atoms with E-state index in [4.69, 9.17) is 11.6 Å². The van der Waals surface area contributed by atoms with Crippen LogP contribution in [0.5, 0.6) is 0 Å². The summed E-state index contributed by atoms with van der Waals surface area (Å²) in [5, 5.41) is 6.05. The Morgan fingerprint density at radius 3 is 1.79 bits per heavy atom. The fourth-order valence-electron chi connectivity index (χ4n) is 3.28. The molecule has 29 heavy (non-hydrogen) atoms. The highest BCUT2D eigenvalue weighted by molar-refractivity contribution is 6.30. The molecule has 0 aromatic heterocycles. The number of rotatable bonds is 6. The molecule has 1 aliphatic heterocycles. The van der Waals surface area contributed by atoms with Crippen molar-refractivity contribution in [3.63, 3.8) is 0 Å². The van der Waals surface area contributed by atoms with Gasteiger partial charge in [-0.2, -0.15) is 0 Å². The molecule has 3 rings (SSSR count).